The van der Waals surface area contributed by atoms with Crippen molar-refractivity contribution in [1.29, 1.82) is 0 Å². The maximum Gasteiger partial charge on any atom is 0.453 e. The fraction of sp³-hybridized carbons (Fsp3) is 0.474. The summed E-state index contributed by atoms with van der Waals surface area (Å²) in [6.07, 6.45) is -4.10. The van der Waals surface area contributed by atoms with E-state index >= 15 is 0 Å². The first kappa shape index (κ1) is 22.2. The van der Waals surface area contributed by atoms with E-state index < -0.39 is 12.0 Å². The molecule has 0 aromatic carbocycles. The fourth-order valence-electron chi connectivity index (χ4n) is 3.29. The molecule has 30 heavy (non-hydrogen) atoms. The maximum absolute atomic E-state index is 12.9. The molecule has 3 aromatic rings. The summed E-state index contributed by atoms with van der Waals surface area (Å²) in [7, 11) is 3.91. The molecule has 0 saturated heterocycles. The number of aromatic nitrogens is 4. The second kappa shape index (κ2) is 8.68. The number of carbonyl (C=O) groups is 1. The van der Waals surface area contributed by atoms with Crippen LogP contribution in [0.4, 0.5) is 13.2 Å². The van der Waals surface area contributed by atoms with Crippen molar-refractivity contribution in [3.05, 3.63) is 45.2 Å². The SMILES string of the molecule is Cc1nc2nc(C(F)(F)F)nn2c(C)c1CCC(=O)NCC(c1ccsc1)N(C)C. The summed E-state index contributed by atoms with van der Waals surface area (Å²) in [6, 6.07) is 2.10. The topological polar surface area (TPSA) is 75.4 Å². The van der Waals surface area contributed by atoms with Gasteiger partial charge in [0.05, 0.1) is 6.04 Å². The molecule has 0 fully saturated rings. The van der Waals surface area contributed by atoms with Gasteiger partial charge in [-0.15, -0.1) is 5.10 Å². The van der Waals surface area contributed by atoms with Gasteiger partial charge in [-0.25, -0.2) is 9.50 Å². The first-order valence-corrected chi connectivity index (χ1v) is 10.3. The van der Waals surface area contributed by atoms with E-state index in [9.17, 15) is 18.0 Å². The normalized spacial score (nSPS) is 13.2. The molecule has 3 rings (SSSR count). The van der Waals surface area contributed by atoms with Crippen molar-refractivity contribution in [3.63, 3.8) is 0 Å². The lowest BCUT2D eigenvalue weighted by Gasteiger charge is -2.24. The number of fused-ring (bicyclic) bond motifs is 1. The molecule has 1 amide bonds. The molecule has 7 nitrogen and oxygen atoms in total. The van der Waals surface area contributed by atoms with Crippen LogP contribution in [0.25, 0.3) is 5.78 Å². The number of aryl methyl sites for hydroxylation is 2. The molecule has 1 atom stereocenters. The largest absolute Gasteiger partial charge is 0.453 e. The first-order chi connectivity index (χ1) is 14.1. The second-order valence-electron chi connectivity index (χ2n) is 7.25. The van der Waals surface area contributed by atoms with Crippen molar-refractivity contribution in [1.82, 2.24) is 29.8 Å². The Hall–Kier alpha value is -2.53. The number of nitrogens with one attached hydrogen (secondary N) is 1. The van der Waals surface area contributed by atoms with Crippen molar-refractivity contribution < 1.29 is 18.0 Å². The molecule has 162 valence electrons. The number of alkyl halides is 3. The Labute approximate surface area is 175 Å². The van der Waals surface area contributed by atoms with Gasteiger partial charge >= 0.3 is 6.18 Å². The van der Waals surface area contributed by atoms with Crippen LogP contribution >= 0.6 is 11.3 Å². The lowest BCUT2D eigenvalue weighted by molar-refractivity contribution is -0.144. The molecule has 0 aliphatic heterocycles. The Balaban J connectivity index is 1.68. The average Bonchev–Trinajstić information content (AvgIpc) is 3.31. The highest BCUT2D eigenvalue weighted by atomic mass is 32.1. The monoisotopic (exact) mass is 440 g/mol. The van der Waals surface area contributed by atoms with Gasteiger partial charge in [0.1, 0.15) is 0 Å². The summed E-state index contributed by atoms with van der Waals surface area (Å²) in [6.45, 7) is 3.82. The van der Waals surface area contributed by atoms with Crippen LogP contribution in [0.1, 0.15) is 40.8 Å². The molecule has 3 heterocycles. The van der Waals surface area contributed by atoms with Crippen molar-refractivity contribution >= 4 is 23.0 Å². The third kappa shape index (κ3) is 4.78. The van der Waals surface area contributed by atoms with E-state index in [2.05, 4.69) is 25.8 Å². The molecule has 0 aliphatic carbocycles. The van der Waals surface area contributed by atoms with Gasteiger partial charge in [0, 0.05) is 24.4 Å². The van der Waals surface area contributed by atoms with Gasteiger partial charge in [-0.05, 0) is 62.3 Å². The van der Waals surface area contributed by atoms with Crippen molar-refractivity contribution in [2.75, 3.05) is 20.6 Å². The summed E-state index contributed by atoms with van der Waals surface area (Å²) in [5.74, 6) is -1.46. The Morgan fingerprint density at radius 1 is 1.30 bits per heavy atom. The zero-order valence-corrected chi connectivity index (χ0v) is 17.9. The van der Waals surface area contributed by atoms with Crippen LogP contribution in [0, 0.1) is 13.8 Å². The van der Waals surface area contributed by atoms with E-state index in [1.54, 1.807) is 25.2 Å². The molecular weight excluding hydrogens is 417 g/mol. The van der Waals surface area contributed by atoms with Gasteiger partial charge in [0.25, 0.3) is 11.6 Å². The van der Waals surface area contributed by atoms with Gasteiger partial charge in [-0.3, -0.25) is 4.79 Å². The Morgan fingerprint density at radius 3 is 2.63 bits per heavy atom. The van der Waals surface area contributed by atoms with E-state index in [1.165, 1.54) is 0 Å². The van der Waals surface area contributed by atoms with Gasteiger partial charge in [-0.1, -0.05) is 0 Å². The number of carbonyl (C=O) groups excluding carboxylic acids is 1. The lowest BCUT2D eigenvalue weighted by Crippen LogP contribution is -2.34. The lowest BCUT2D eigenvalue weighted by atomic mass is 10.1. The van der Waals surface area contributed by atoms with E-state index in [0.29, 0.717) is 29.9 Å². The highest BCUT2D eigenvalue weighted by Gasteiger charge is 2.37. The van der Waals surface area contributed by atoms with Gasteiger partial charge in [-0.2, -0.15) is 29.5 Å². The number of halogens is 3. The van der Waals surface area contributed by atoms with Crippen LogP contribution in [-0.2, 0) is 17.4 Å². The van der Waals surface area contributed by atoms with Crippen molar-refractivity contribution in [2.45, 2.75) is 38.9 Å². The molecule has 1 unspecified atom stereocenters. The highest BCUT2D eigenvalue weighted by Crippen LogP contribution is 2.27. The summed E-state index contributed by atoms with van der Waals surface area (Å²) in [5, 5.41) is 10.5. The number of hydrogen-bond donors (Lipinski definition) is 1. The Kier molecular flexibility index (Phi) is 6.41. The van der Waals surface area contributed by atoms with E-state index in [1.807, 2.05) is 30.4 Å². The predicted molar refractivity (Wildman–Crippen MR) is 107 cm³/mol. The molecule has 0 saturated carbocycles. The third-order valence-corrected chi connectivity index (χ3v) is 5.65. The minimum absolute atomic E-state index is 0.0672. The summed E-state index contributed by atoms with van der Waals surface area (Å²) in [4.78, 5) is 22.0. The van der Waals surface area contributed by atoms with E-state index in [0.717, 1.165) is 10.1 Å². The zero-order valence-electron chi connectivity index (χ0n) is 17.1. The van der Waals surface area contributed by atoms with Crippen LogP contribution in [-0.4, -0.2) is 51.0 Å². The van der Waals surface area contributed by atoms with Crippen LogP contribution in [0.15, 0.2) is 16.8 Å². The fourth-order valence-corrected chi connectivity index (χ4v) is 4.00. The number of hydrogen-bond acceptors (Lipinski definition) is 6. The van der Waals surface area contributed by atoms with Gasteiger partial charge in [0.2, 0.25) is 5.91 Å². The van der Waals surface area contributed by atoms with Crippen LogP contribution in [0.2, 0.25) is 0 Å². The highest BCUT2D eigenvalue weighted by molar-refractivity contribution is 7.07. The smallest absolute Gasteiger partial charge is 0.354 e. The first-order valence-electron chi connectivity index (χ1n) is 9.33. The molecule has 0 radical (unpaired) electrons. The predicted octanol–water partition coefficient (Wildman–Crippen LogP) is 3.17. The molecule has 0 spiro atoms. The van der Waals surface area contributed by atoms with Crippen LogP contribution < -0.4 is 5.32 Å². The van der Waals surface area contributed by atoms with Crippen molar-refractivity contribution in [3.8, 4) is 0 Å². The minimum Gasteiger partial charge on any atom is -0.354 e. The second-order valence-corrected chi connectivity index (χ2v) is 8.03. The summed E-state index contributed by atoms with van der Waals surface area (Å²) < 4.78 is 39.8. The average molecular weight is 440 g/mol. The van der Waals surface area contributed by atoms with Crippen LogP contribution in [0.5, 0.6) is 0 Å². The molecule has 11 heteroatoms. The number of thiophene rings is 1. The summed E-state index contributed by atoms with van der Waals surface area (Å²) >= 11 is 1.60. The summed E-state index contributed by atoms with van der Waals surface area (Å²) in [5.41, 5.74) is 2.87. The standard InChI is InChI=1S/C19H23F3N6OS/c1-11-14(12(2)28-18(24-11)25-17(26-28)19(20,21)22)5-6-16(29)23-9-15(27(3)4)13-7-8-30-10-13/h7-8,10,15H,5-6,9H2,1-4H3,(H,23,29). The Morgan fingerprint density at radius 2 is 2.03 bits per heavy atom. The molecule has 0 bridgehead atoms. The number of likely N-dealkylation sites (N-methyl/N-ethyl adjacent to an activating group) is 1. The minimum atomic E-state index is -4.64. The third-order valence-electron chi connectivity index (χ3n) is 4.95. The van der Waals surface area contributed by atoms with Crippen LogP contribution in [0.3, 0.4) is 0 Å². The van der Waals surface area contributed by atoms with Crippen molar-refractivity contribution in [2.24, 2.45) is 0 Å². The van der Waals surface area contributed by atoms with Gasteiger partial charge < -0.3 is 10.2 Å². The molecule has 3 aromatic heterocycles. The Bertz CT molecular complexity index is 1030. The molecule has 0 aliphatic rings. The number of amides is 1. The zero-order chi connectivity index (χ0) is 22.1. The van der Waals surface area contributed by atoms with E-state index in [4.69, 9.17) is 0 Å². The number of nitrogens with zero attached hydrogens (tertiary/aromatic N) is 5. The van der Waals surface area contributed by atoms with E-state index in [-0.39, 0.29) is 24.1 Å². The number of rotatable bonds is 7. The molecular formula is C19H23F3N6OS. The van der Waals surface area contributed by atoms with Gasteiger partial charge in [0.15, 0.2) is 0 Å². The maximum atomic E-state index is 12.9. The quantitative estimate of drug-likeness (QED) is 0.611. The molecule has 1 N–H and O–H groups in total.